The van der Waals surface area contributed by atoms with Crippen LogP contribution in [0.2, 0.25) is 0 Å². The third kappa shape index (κ3) is 4.46. The summed E-state index contributed by atoms with van der Waals surface area (Å²) in [6.45, 7) is 3.32. The quantitative estimate of drug-likeness (QED) is 0.791. The van der Waals surface area contributed by atoms with Crippen LogP contribution in [0, 0.1) is 5.92 Å². The molecule has 1 aromatic rings. The number of nitrogens with zero attached hydrogens (tertiary/aromatic N) is 3. The van der Waals surface area contributed by atoms with Gasteiger partial charge >= 0.3 is 0 Å². The van der Waals surface area contributed by atoms with E-state index in [0.29, 0.717) is 19.5 Å². The smallest absolute Gasteiger partial charge is 0.262 e. The Labute approximate surface area is 156 Å². The van der Waals surface area contributed by atoms with E-state index in [0.717, 1.165) is 32.1 Å². The summed E-state index contributed by atoms with van der Waals surface area (Å²) in [5.74, 6) is -0.258. The molecular weight excluding hydrogens is 352 g/mol. The second-order valence-electron chi connectivity index (χ2n) is 7.44. The van der Waals surface area contributed by atoms with E-state index >= 15 is 0 Å². The van der Waals surface area contributed by atoms with Crippen LogP contribution >= 0.6 is 0 Å². The summed E-state index contributed by atoms with van der Waals surface area (Å²) in [5, 5.41) is 3.25. The van der Waals surface area contributed by atoms with Crippen LogP contribution in [0.5, 0.6) is 0 Å². The summed E-state index contributed by atoms with van der Waals surface area (Å²) in [6, 6.07) is 0.247. The molecule has 26 heavy (non-hydrogen) atoms. The van der Waals surface area contributed by atoms with Gasteiger partial charge in [-0.15, -0.1) is 0 Å². The van der Waals surface area contributed by atoms with Gasteiger partial charge in [-0.05, 0) is 32.6 Å². The number of aryl methyl sites for hydroxylation is 1. The summed E-state index contributed by atoms with van der Waals surface area (Å²) in [5.41, 5.74) is 0. The first-order valence-corrected chi connectivity index (χ1v) is 11.3. The van der Waals surface area contributed by atoms with Crippen LogP contribution in [0.15, 0.2) is 17.6 Å². The second-order valence-corrected chi connectivity index (χ2v) is 9.33. The molecule has 1 aliphatic carbocycles. The molecule has 8 heteroatoms. The Hall–Kier alpha value is -1.41. The van der Waals surface area contributed by atoms with Gasteiger partial charge in [-0.3, -0.25) is 4.79 Å². The first-order valence-electron chi connectivity index (χ1n) is 9.83. The van der Waals surface area contributed by atoms with Gasteiger partial charge < -0.3 is 9.88 Å². The Bertz CT molecular complexity index is 708. The highest BCUT2D eigenvalue weighted by Gasteiger charge is 2.35. The molecule has 1 saturated heterocycles. The van der Waals surface area contributed by atoms with Crippen molar-refractivity contribution < 1.29 is 13.2 Å². The molecule has 1 aromatic heterocycles. The molecule has 0 bridgehead atoms. The number of hydrogen-bond acceptors (Lipinski definition) is 4. The predicted octanol–water partition coefficient (Wildman–Crippen LogP) is 2.14. The van der Waals surface area contributed by atoms with Gasteiger partial charge in [0.05, 0.1) is 12.2 Å². The number of carbonyl (C=O) groups excluding carboxylic acids is 1. The van der Waals surface area contributed by atoms with Crippen LogP contribution in [-0.2, 0) is 21.4 Å². The SMILES string of the molecule is CCn1cnc(S(=O)(=O)N2CCC[C@@H](C(=O)NC3CCCCCC3)C2)c1. The molecule has 1 amide bonds. The zero-order chi connectivity index (χ0) is 18.6. The maximum Gasteiger partial charge on any atom is 0.262 e. The molecule has 0 spiro atoms. The van der Waals surface area contributed by atoms with Gasteiger partial charge in [-0.1, -0.05) is 25.7 Å². The topological polar surface area (TPSA) is 84.3 Å². The summed E-state index contributed by atoms with van der Waals surface area (Å²) in [7, 11) is -3.64. The van der Waals surface area contributed by atoms with Crippen molar-refractivity contribution in [1.82, 2.24) is 19.2 Å². The maximum atomic E-state index is 12.8. The number of piperidine rings is 1. The average molecular weight is 383 g/mol. The van der Waals surface area contributed by atoms with Crippen LogP contribution in [0.25, 0.3) is 0 Å². The Morgan fingerprint density at radius 3 is 2.58 bits per heavy atom. The van der Waals surface area contributed by atoms with Crippen molar-refractivity contribution in [2.75, 3.05) is 13.1 Å². The van der Waals surface area contributed by atoms with Crippen LogP contribution in [0.3, 0.4) is 0 Å². The Kier molecular flexibility index (Phi) is 6.34. The zero-order valence-electron chi connectivity index (χ0n) is 15.6. The Morgan fingerprint density at radius 2 is 1.92 bits per heavy atom. The fourth-order valence-corrected chi connectivity index (χ4v) is 5.35. The lowest BCUT2D eigenvalue weighted by Gasteiger charge is -2.31. The van der Waals surface area contributed by atoms with E-state index in [9.17, 15) is 13.2 Å². The lowest BCUT2D eigenvalue weighted by atomic mass is 9.97. The van der Waals surface area contributed by atoms with Crippen molar-refractivity contribution in [3.63, 3.8) is 0 Å². The first kappa shape index (κ1) is 19.4. The molecule has 2 heterocycles. The molecule has 3 rings (SSSR count). The minimum absolute atomic E-state index is 0.0101. The van der Waals surface area contributed by atoms with Gasteiger partial charge in [-0.2, -0.15) is 4.31 Å². The molecule has 0 aromatic carbocycles. The highest BCUT2D eigenvalue weighted by Crippen LogP contribution is 2.24. The molecule has 146 valence electrons. The molecular formula is C18H30N4O3S. The molecule has 1 atom stereocenters. The monoisotopic (exact) mass is 382 g/mol. The fraction of sp³-hybridized carbons (Fsp3) is 0.778. The van der Waals surface area contributed by atoms with E-state index in [1.165, 1.54) is 23.5 Å². The van der Waals surface area contributed by atoms with E-state index < -0.39 is 10.0 Å². The summed E-state index contributed by atoms with van der Waals surface area (Å²) in [6.07, 6.45) is 11.4. The molecule has 2 fully saturated rings. The van der Waals surface area contributed by atoms with E-state index in [1.54, 1.807) is 10.8 Å². The normalized spacial score (nSPS) is 23.5. The van der Waals surface area contributed by atoms with Crippen molar-refractivity contribution in [1.29, 1.82) is 0 Å². The lowest BCUT2D eigenvalue weighted by molar-refractivity contribution is -0.126. The van der Waals surface area contributed by atoms with Crippen molar-refractivity contribution in [2.45, 2.75) is 75.9 Å². The van der Waals surface area contributed by atoms with Crippen molar-refractivity contribution >= 4 is 15.9 Å². The standard InChI is InChI=1S/C18H30N4O3S/c1-2-21-13-17(19-14-21)26(24,25)22-11-7-8-15(12-22)18(23)20-16-9-5-3-4-6-10-16/h13-16H,2-12H2,1H3,(H,20,23)/t15-/m1/s1. The van der Waals surface area contributed by atoms with Gasteiger partial charge in [0.2, 0.25) is 5.91 Å². The van der Waals surface area contributed by atoms with Gasteiger partial charge in [0.15, 0.2) is 5.03 Å². The minimum atomic E-state index is -3.64. The number of nitrogens with one attached hydrogen (secondary N) is 1. The highest BCUT2D eigenvalue weighted by molar-refractivity contribution is 7.89. The number of imidazole rings is 1. The van der Waals surface area contributed by atoms with Gasteiger partial charge in [0.25, 0.3) is 10.0 Å². The Balaban J connectivity index is 1.63. The largest absolute Gasteiger partial charge is 0.353 e. The van der Waals surface area contributed by atoms with Crippen LogP contribution < -0.4 is 5.32 Å². The van der Waals surface area contributed by atoms with E-state index in [-0.39, 0.29) is 29.4 Å². The Morgan fingerprint density at radius 1 is 1.19 bits per heavy atom. The van der Waals surface area contributed by atoms with Crippen LogP contribution in [0.4, 0.5) is 0 Å². The highest BCUT2D eigenvalue weighted by atomic mass is 32.2. The van der Waals surface area contributed by atoms with Gasteiger partial charge in [0, 0.05) is 31.9 Å². The predicted molar refractivity (Wildman–Crippen MR) is 99.0 cm³/mol. The van der Waals surface area contributed by atoms with Gasteiger partial charge in [-0.25, -0.2) is 13.4 Å². The van der Waals surface area contributed by atoms with E-state index in [4.69, 9.17) is 0 Å². The third-order valence-corrected chi connectivity index (χ3v) is 7.29. The molecule has 1 saturated carbocycles. The fourth-order valence-electron chi connectivity index (χ4n) is 3.90. The number of hydrogen-bond donors (Lipinski definition) is 1. The maximum absolute atomic E-state index is 12.8. The number of amides is 1. The molecule has 1 aliphatic heterocycles. The van der Waals surface area contributed by atoms with E-state index in [2.05, 4.69) is 10.3 Å². The van der Waals surface area contributed by atoms with Crippen LogP contribution in [0.1, 0.15) is 58.3 Å². The number of carbonyl (C=O) groups is 1. The summed E-state index contributed by atoms with van der Waals surface area (Å²) in [4.78, 5) is 16.7. The third-order valence-electron chi connectivity index (χ3n) is 5.54. The van der Waals surface area contributed by atoms with E-state index in [1.807, 2.05) is 6.92 Å². The average Bonchev–Trinajstić information content (AvgIpc) is 3.01. The summed E-state index contributed by atoms with van der Waals surface area (Å²) < 4.78 is 28.8. The van der Waals surface area contributed by atoms with Gasteiger partial charge in [0.1, 0.15) is 0 Å². The molecule has 7 nitrogen and oxygen atoms in total. The van der Waals surface area contributed by atoms with Crippen molar-refractivity contribution in [2.24, 2.45) is 5.92 Å². The number of sulfonamides is 1. The first-order chi connectivity index (χ1) is 12.5. The number of aromatic nitrogens is 2. The summed E-state index contributed by atoms with van der Waals surface area (Å²) >= 11 is 0. The lowest BCUT2D eigenvalue weighted by Crippen LogP contribution is -2.47. The molecule has 2 aliphatic rings. The van der Waals surface area contributed by atoms with Crippen LogP contribution in [-0.4, -0.2) is 47.3 Å². The molecule has 0 radical (unpaired) electrons. The molecule has 1 N–H and O–H groups in total. The second kappa shape index (κ2) is 8.52. The number of rotatable bonds is 5. The minimum Gasteiger partial charge on any atom is -0.353 e. The molecule has 0 unspecified atom stereocenters. The zero-order valence-corrected chi connectivity index (χ0v) is 16.4. The van der Waals surface area contributed by atoms with Crippen molar-refractivity contribution in [3.8, 4) is 0 Å². The van der Waals surface area contributed by atoms with Crippen molar-refractivity contribution in [3.05, 3.63) is 12.5 Å².